The molecule has 0 aliphatic rings. The average molecular weight is 202 g/mol. The topological polar surface area (TPSA) is 56.7 Å². The number of nitrogen functional groups attached to an aromatic ring is 1. The summed E-state index contributed by atoms with van der Waals surface area (Å²) < 4.78 is 1.90. The van der Waals surface area contributed by atoms with Crippen molar-refractivity contribution in [1.29, 1.82) is 0 Å². The Hall–Kier alpha value is -1.84. The van der Waals surface area contributed by atoms with E-state index in [4.69, 9.17) is 5.73 Å². The summed E-state index contributed by atoms with van der Waals surface area (Å²) in [5.41, 5.74) is 8.63. The third kappa shape index (κ3) is 1.98. The number of nitrogens with zero attached hydrogens (tertiary/aromatic N) is 3. The van der Waals surface area contributed by atoms with Gasteiger partial charge in [-0.2, -0.15) is 5.10 Å². The molecular formula is C11H14N4. The van der Waals surface area contributed by atoms with Crippen molar-refractivity contribution in [2.45, 2.75) is 19.9 Å². The summed E-state index contributed by atoms with van der Waals surface area (Å²) in [6, 6.07) is 5.86. The molecule has 0 amide bonds. The Morgan fingerprint density at radius 3 is 2.93 bits per heavy atom. The van der Waals surface area contributed by atoms with E-state index in [0.717, 1.165) is 23.5 Å². The van der Waals surface area contributed by atoms with Crippen LogP contribution in [-0.2, 0) is 13.0 Å². The van der Waals surface area contributed by atoms with E-state index < -0.39 is 0 Å². The number of hydrogen-bond donors (Lipinski definition) is 1. The van der Waals surface area contributed by atoms with Gasteiger partial charge in [-0.15, -0.1) is 0 Å². The molecule has 0 aliphatic carbocycles. The van der Waals surface area contributed by atoms with Crippen LogP contribution in [0.3, 0.4) is 0 Å². The third-order valence-corrected chi connectivity index (χ3v) is 2.35. The Labute approximate surface area is 88.8 Å². The number of aromatic nitrogens is 3. The lowest BCUT2D eigenvalue weighted by molar-refractivity contribution is 0.639. The zero-order valence-corrected chi connectivity index (χ0v) is 8.72. The molecule has 2 aromatic heterocycles. The maximum absolute atomic E-state index is 5.80. The highest BCUT2D eigenvalue weighted by atomic mass is 15.3. The minimum atomic E-state index is 0.682. The molecule has 4 heteroatoms. The summed E-state index contributed by atoms with van der Waals surface area (Å²) in [4.78, 5) is 4.26. The molecule has 0 saturated carbocycles. The highest BCUT2D eigenvalue weighted by Crippen LogP contribution is 2.12. The number of pyridine rings is 1. The largest absolute Gasteiger partial charge is 0.396 e. The number of anilines is 1. The minimum absolute atomic E-state index is 0.682. The lowest BCUT2D eigenvalue weighted by atomic mass is 10.3. The molecule has 15 heavy (non-hydrogen) atoms. The van der Waals surface area contributed by atoms with E-state index >= 15 is 0 Å². The number of hydrogen-bond acceptors (Lipinski definition) is 3. The average Bonchev–Trinajstić information content (AvgIpc) is 2.61. The Bertz CT molecular complexity index is 433. The van der Waals surface area contributed by atoms with E-state index in [1.807, 2.05) is 22.9 Å². The van der Waals surface area contributed by atoms with Crippen molar-refractivity contribution in [3.63, 3.8) is 0 Å². The fourth-order valence-corrected chi connectivity index (χ4v) is 1.59. The number of nitrogens with two attached hydrogens (primary N) is 1. The normalized spacial score (nSPS) is 10.5. The van der Waals surface area contributed by atoms with Gasteiger partial charge < -0.3 is 5.73 Å². The van der Waals surface area contributed by atoms with Crippen LogP contribution in [0.1, 0.15) is 18.3 Å². The molecule has 2 N–H and O–H groups in total. The molecule has 78 valence electrons. The van der Waals surface area contributed by atoms with Crippen molar-refractivity contribution >= 4 is 5.69 Å². The first-order valence-corrected chi connectivity index (χ1v) is 5.01. The zero-order valence-electron chi connectivity index (χ0n) is 8.72. The summed E-state index contributed by atoms with van der Waals surface area (Å²) >= 11 is 0. The van der Waals surface area contributed by atoms with Crippen molar-refractivity contribution in [3.8, 4) is 0 Å². The van der Waals surface area contributed by atoms with Gasteiger partial charge in [0.2, 0.25) is 0 Å². The molecule has 0 aliphatic heterocycles. The standard InChI is InChI=1S/C11H14N4/c1-2-11-10(12)7-14-15(11)8-9-5-3-4-6-13-9/h3-7H,2,8,12H2,1H3. The summed E-state index contributed by atoms with van der Waals surface area (Å²) in [7, 11) is 0. The predicted molar refractivity (Wildman–Crippen MR) is 59.4 cm³/mol. The third-order valence-electron chi connectivity index (χ3n) is 2.35. The SMILES string of the molecule is CCc1c(N)cnn1Cc1ccccn1. The van der Waals surface area contributed by atoms with Crippen molar-refractivity contribution in [3.05, 3.63) is 42.0 Å². The maximum atomic E-state index is 5.80. The van der Waals surface area contributed by atoms with E-state index in [1.54, 1.807) is 12.4 Å². The maximum Gasteiger partial charge on any atom is 0.0835 e. The van der Waals surface area contributed by atoms with E-state index in [9.17, 15) is 0 Å². The van der Waals surface area contributed by atoms with Gasteiger partial charge in [-0.3, -0.25) is 9.67 Å². The van der Waals surface area contributed by atoms with Gasteiger partial charge in [-0.1, -0.05) is 13.0 Å². The monoisotopic (exact) mass is 202 g/mol. The molecule has 0 spiro atoms. The van der Waals surface area contributed by atoms with E-state index in [2.05, 4.69) is 17.0 Å². The quantitative estimate of drug-likeness (QED) is 0.820. The molecule has 4 nitrogen and oxygen atoms in total. The minimum Gasteiger partial charge on any atom is -0.396 e. The summed E-state index contributed by atoms with van der Waals surface area (Å²) in [5.74, 6) is 0. The Kier molecular flexibility index (Phi) is 2.67. The molecule has 0 unspecified atom stereocenters. The van der Waals surface area contributed by atoms with Crippen molar-refractivity contribution in [1.82, 2.24) is 14.8 Å². The highest BCUT2D eigenvalue weighted by Gasteiger charge is 2.06. The van der Waals surface area contributed by atoms with Crippen molar-refractivity contribution < 1.29 is 0 Å². The van der Waals surface area contributed by atoms with E-state index in [-0.39, 0.29) is 0 Å². The molecule has 0 aromatic carbocycles. The second-order valence-corrected chi connectivity index (χ2v) is 3.38. The van der Waals surface area contributed by atoms with Crippen LogP contribution in [0.25, 0.3) is 0 Å². The first-order valence-electron chi connectivity index (χ1n) is 5.01. The smallest absolute Gasteiger partial charge is 0.0835 e. The molecular weight excluding hydrogens is 188 g/mol. The second kappa shape index (κ2) is 4.13. The van der Waals surface area contributed by atoms with Crippen LogP contribution in [0.2, 0.25) is 0 Å². The summed E-state index contributed by atoms with van der Waals surface area (Å²) in [6.45, 7) is 2.75. The van der Waals surface area contributed by atoms with Gasteiger partial charge in [0, 0.05) is 6.20 Å². The van der Waals surface area contributed by atoms with Crippen LogP contribution < -0.4 is 5.73 Å². The van der Waals surface area contributed by atoms with Crippen LogP contribution in [0.5, 0.6) is 0 Å². The first kappa shape index (κ1) is 9.71. The molecule has 2 heterocycles. The van der Waals surface area contributed by atoms with Gasteiger partial charge in [0.1, 0.15) is 0 Å². The van der Waals surface area contributed by atoms with Crippen molar-refractivity contribution in [2.24, 2.45) is 0 Å². The van der Waals surface area contributed by atoms with E-state index in [0.29, 0.717) is 6.54 Å². The molecule has 0 atom stereocenters. The fourth-order valence-electron chi connectivity index (χ4n) is 1.59. The van der Waals surface area contributed by atoms with E-state index in [1.165, 1.54) is 0 Å². The van der Waals surface area contributed by atoms with Crippen molar-refractivity contribution in [2.75, 3.05) is 5.73 Å². The number of rotatable bonds is 3. The molecule has 0 fully saturated rings. The molecule has 0 radical (unpaired) electrons. The van der Waals surface area contributed by atoms with Crippen LogP contribution in [-0.4, -0.2) is 14.8 Å². The Morgan fingerprint density at radius 1 is 1.40 bits per heavy atom. The zero-order chi connectivity index (χ0) is 10.7. The molecule has 2 aromatic rings. The van der Waals surface area contributed by atoms with Crippen LogP contribution in [0.15, 0.2) is 30.6 Å². The lowest BCUT2D eigenvalue weighted by Gasteiger charge is -2.05. The summed E-state index contributed by atoms with van der Waals surface area (Å²) in [6.07, 6.45) is 4.37. The van der Waals surface area contributed by atoms with Gasteiger partial charge in [-0.05, 0) is 18.6 Å². The molecule has 2 rings (SSSR count). The van der Waals surface area contributed by atoms with Gasteiger partial charge in [-0.25, -0.2) is 0 Å². The van der Waals surface area contributed by atoms with Crippen LogP contribution in [0.4, 0.5) is 5.69 Å². The molecule has 0 bridgehead atoms. The lowest BCUT2D eigenvalue weighted by Crippen LogP contribution is -2.07. The molecule has 0 saturated heterocycles. The summed E-state index contributed by atoms with van der Waals surface area (Å²) in [5, 5.41) is 4.23. The highest BCUT2D eigenvalue weighted by molar-refractivity contribution is 5.40. The Morgan fingerprint density at radius 2 is 2.27 bits per heavy atom. The Balaban J connectivity index is 2.25. The van der Waals surface area contributed by atoms with Gasteiger partial charge in [0.25, 0.3) is 0 Å². The van der Waals surface area contributed by atoms with Crippen LogP contribution in [0, 0.1) is 0 Å². The first-order chi connectivity index (χ1) is 7.31. The van der Waals surface area contributed by atoms with Gasteiger partial charge in [0.15, 0.2) is 0 Å². The fraction of sp³-hybridized carbons (Fsp3) is 0.273. The van der Waals surface area contributed by atoms with Crippen LogP contribution >= 0.6 is 0 Å². The second-order valence-electron chi connectivity index (χ2n) is 3.38. The predicted octanol–water partition coefficient (Wildman–Crippen LogP) is 1.47. The van der Waals surface area contributed by atoms with Gasteiger partial charge in [0.05, 0.1) is 29.8 Å². The van der Waals surface area contributed by atoms with Gasteiger partial charge >= 0.3 is 0 Å².